The monoisotopic (exact) mass is 264 g/mol. The molecule has 0 amide bonds. The Morgan fingerprint density at radius 2 is 2.33 bits per heavy atom. The Bertz CT molecular complexity index is 476. The van der Waals surface area contributed by atoms with Crippen LogP contribution in [0.25, 0.3) is 10.6 Å². The molecule has 1 aliphatic heterocycles. The molecule has 6 heteroatoms. The predicted octanol–water partition coefficient (Wildman–Crippen LogP) is 1.47. The number of thiazole rings is 1. The molecular weight excluding hydrogens is 248 g/mol. The summed E-state index contributed by atoms with van der Waals surface area (Å²) >= 11 is 1.72. The second-order valence-electron chi connectivity index (χ2n) is 4.14. The summed E-state index contributed by atoms with van der Waals surface area (Å²) in [5, 5.41) is 3.30. The van der Waals surface area contributed by atoms with E-state index in [2.05, 4.69) is 26.5 Å². The van der Waals surface area contributed by atoms with Crippen molar-refractivity contribution in [2.24, 2.45) is 0 Å². The number of H-pyrrole nitrogens is 1. The highest BCUT2D eigenvalue weighted by molar-refractivity contribution is 7.15. The zero-order valence-corrected chi connectivity index (χ0v) is 10.9. The van der Waals surface area contributed by atoms with Crippen molar-refractivity contribution in [2.45, 2.75) is 6.54 Å². The molecule has 0 aliphatic carbocycles. The number of aromatic amines is 1. The first kappa shape index (κ1) is 11.9. The van der Waals surface area contributed by atoms with Crippen LogP contribution in [0.4, 0.5) is 0 Å². The zero-order chi connectivity index (χ0) is 12.2. The summed E-state index contributed by atoms with van der Waals surface area (Å²) < 4.78 is 5.31. The molecule has 3 rings (SSSR count). The van der Waals surface area contributed by atoms with Crippen molar-refractivity contribution in [3.05, 3.63) is 29.5 Å². The highest BCUT2D eigenvalue weighted by Gasteiger charge is 2.11. The molecule has 0 saturated carbocycles. The van der Waals surface area contributed by atoms with Gasteiger partial charge in [-0.3, -0.25) is 0 Å². The zero-order valence-electron chi connectivity index (χ0n) is 10.1. The van der Waals surface area contributed by atoms with Gasteiger partial charge in [-0.25, -0.2) is 15.4 Å². The largest absolute Gasteiger partial charge is 0.379 e. The summed E-state index contributed by atoms with van der Waals surface area (Å²) in [6.45, 7) is 4.27. The highest BCUT2D eigenvalue weighted by Crippen LogP contribution is 2.24. The van der Waals surface area contributed by atoms with Gasteiger partial charge in [0.2, 0.25) is 0 Å². The lowest BCUT2D eigenvalue weighted by Crippen LogP contribution is -2.45. The fourth-order valence-corrected chi connectivity index (χ4v) is 2.74. The van der Waals surface area contributed by atoms with E-state index in [1.165, 1.54) is 4.88 Å². The lowest BCUT2D eigenvalue weighted by molar-refractivity contribution is 0.0105. The number of hydrazine groups is 1. The van der Waals surface area contributed by atoms with Crippen LogP contribution >= 0.6 is 11.3 Å². The standard InChI is InChI=1S/C12H16N4OS/c1-2-10(13-3-1)11-8-14-12(18-11)9-15-16-4-6-17-7-5-16/h1-3,8,13,15H,4-7,9H2. The SMILES string of the molecule is c1c[nH]c(-c2cnc(CNN3CCOCC3)s2)c1. The summed E-state index contributed by atoms with van der Waals surface area (Å²) in [6, 6.07) is 4.06. The van der Waals surface area contributed by atoms with Gasteiger partial charge in [-0.2, -0.15) is 0 Å². The number of ether oxygens (including phenoxy) is 1. The van der Waals surface area contributed by atoms with E-state index >= 15 is 0 Å². The number of hydrogen-bond donors (Lipinski definition) is 2. The van der Waals surface area contributed by atoms with Crippen molar-refractivity contribution >= 4 is 11.3 Å². The molecular formula is C12H16N4OS. The Kier molecular flexibility index (Phi) is 3.70. The summed E-state index contributed by atoms with van der Waals surface area (Å²) in [4.78, 5) is 8.81. The van der Waals surface area contributed by atoms with Crippen LogP contribution in [0.5, 0.6) is 0 Å². The second-order valence-corrected chi connectivity index (χ2v) is 5.25. The van der Waals surface area contributed by atoms with Crippen LogP contribution in [0.3, 0.4) is 0 Å². The van der Waals surface area contributed by atoms with Crippen LogP contribution in [0.2, 0.25) is 0 Å². The van der Waals surface area contributed by atoms with Crippen molar-refractivity contribution in [2.75, 3.05) is 26.3 Å². The lowest BCUT2D eigenvalue weighted by atomic mass is 10.4. The molecule has 1 saturated heterocycles. The van der Waals surface area contributed by atoms with Gasteiger partial charge < -0.3 is 9.72 Å². The minimum absolute atomic E-state index is 0.783. The van der Waals surface area contributed by atoms with Crippen molar-refractivity contribution in [1.29, 1.82) is 0 Å². The van der Waals surface area contributed by atoms with E-state index in [0.29, 0.717) is 0 Å². The molecule has 2 N–H and O–H groups in total. The molecule has 5 nitrogen and oxygen atoms in total. The topological polar surface area (TPSA) is 53.2 Å². The van der Waals surface area contributed by atoms with Crippen LogP contribution in [-0.4, -0.2) is 41.3 Å². The predicted molar refractivity (Wildman–Crippen MR) is 71.1 cm³/mol. The fourth-order valence-electron chi connectivity index (χ4n) is 1.90. The number of hydrogen-bond acceptors (Lipinski definition) is 5. The Morgan fingerprint density at radius 3 is 3.11 bits per heavy atom. The molecule has 0 bridgehead atoms. The van der Waals surface area contributed by atoms with Gasteiger partial charge in [0.15, 0.2) is 0 Å². The van der Waals surface area contributed by atoms with Gasteiger partial charge in [0.25, 0.3) is 0 Å². The first-order valence-corrected chi connectivity index (χ1v) is 6.88. The quantitative estimate of drug-likeness (QED) is 0.878. The van der Waals surface area contributed by atoms with Gasteiger partial charge in [0.1, 0.15) is 5.01 Å². The number of aromatic nitrogens is 2. The summed E-state index contributed by atoms with van der Waals surface area (Å²) in [5.41, 5.74) is 4.52. The number of nitrogens with zero attached hydrogens (tertiary/aromatic N) is 2. The van der Waals surface area contributed by atoms with Gasteiger partial charge >= 0.3 is 0 Å². The molecule has 1 aliphatic rings. The van der Waals surface area contributed by atoms with Gasteiger partial charge in [0, 0.05) is 25.5 Å². The molecule has 1 fully saturated rings. The Morgan fingerprint density at radius 1 is 1.44 bits per heavy atom. The molecule has 0 radical (unpaired) electrons. The normalized spacial score (nSPS) is 17.1. The lowest BCUT2D eigenvalue weighted by Gasteiger charge is -2.26. The Hall–Kier alpha value is -1.21. The third kappa shape index (κ3) is 2.78. The van der Waals surface area contributed by atoms with Gasteiger partial charge in [-0.15, -0.1) is 11.3 Å². The average molecular weight is 264 g/mol. The minimum atomic E-state index is 0.783. The van der Waals surface area contributed by atoms with Crippen LogP contribution in [0.15, 0.2) is 24.5 Å². The van der Waals surface area contributed by atoms with E-state index in [1.54, 1.807) is 11.3 Å². The van der Waals surface area contributed by atoms with Gasteiger partial charge in [-0.1, -0.05) is 0 Å². The first-order chi connectivity index (χ1) is 8.92. The third-order valence-electron chi connectivity index (χ3n) is 2.88. The molecule has 0 spiro atoms. The molecule has 18 heavy (non-hydrogen) atoms. The highest BCUT2D eigenvalue weighted by atomic mass is 32.1. The second kappa shape index (κ2) is 5.62. The summed E-state index contributed by atoms with van der Waals surface area (Å²) in [7, 11) is 0. The molecule has 2 aromatic heterocycles. The molecule has 96 valence electrons. The van der Waals surface area contributed by atoms with Crippen molar-refractivity contribution in [3.8, 4) is 10.6 Å². The van der Waals surface area contributed by atoms with E-state index in [1.807, 2.05) is 18.5 Å². The fraction of sp³-hybridized carbons (Fsp3) is 0.417. The van der Waals surface area contributed by atoms with Crippen LogP contribution in [-0.2, 0) is 11.3 Å². The molecule has 2 aromatic rings. The number of morpholine rings is 1. The van der Waals surface area contributed by atoms with Gasteiger partial charge in [0.05, 0.1) is 30.3 Å². The van der Waals surface area contributed by atoms with Crippen LogP contribution in [0, 0.1) is 0 Å². The van der Waals surface area contributed by atoms with Crippen LogP contribution < -0.4 is 5.43 Å². The Labute approximate surface area is 110 Å². The van der Waals surface area contributed by atoms with Gasteiger partial charge in [-0.05, 0) is 12.1 Å². The molecule has 0 aromatic carbocycles. The molecule has 0 atom stereocenters. The number of rotatable bonds is 4. The maximum absolute atomic E-state index is 5.31. The molecule has 0 unspecified atom stereocenters. The van der Waals surface area contributed by atoms with Crippen molar-refractivity contribution < 1.29 is 4.74 Å². The number of nitrogens with one attached hydrogen (secondary N) is 2. The van der Waals surface area contributed by atoms with E-state index in [-0.39, 0.29) is 0 Å². The van der Waals surface area contributed by atoms with Crippen LogP contribution in [0.1, 0.15) is 5.01 Å². The first-order valence-electron chi connectivity index (χ1n) is 6.06. The van der Waals surface area contributed by atoms with E-state index < -0.39 is 0 Å². The average Bonchev–Trinajstić information content (AvgIpc) is 3.08. The van der Waals surface area contributed by atoms with Crippen molar-refractivity contribution in [1.82, 2.24) is 20.4 Å². The van der Waals surface area contributed by atoms with E-state index in [0.717, 1.165) is 43.5 Å². The van der Waals surface area contributed by atoms with E-state index in [4.69, 9.17) is 4.74 Å². The Balaban J connectivity index is 1.57. The van der Waals surface area contributed by atoms with Crippen molar-refractivity contribution in [3.63, 3.8) is 0 Å². The summed E-state index contributed by atoms with van der Waals surface area (Å²) in [5.74, 6) is 0. The minimum Gasteiger partial charge on any atom is -0.379 e. The smallest absolute Gasteiger partial charge is 0.108 e. The maximum atomic E-state index is 5.31. The third-order valence-corrected chi connectivity index (χ3v) is 3.91. The van der Waals surface area contributed by atoms with E-state index in [9.17, 15) is 0 Å². The molecule has 3 heterocycles. The maximum Gasteiger partial charge on any atom is 0.108 e. The summed E-state index contributed by atoms with van der Waals surface area (Å²) in [6.07, 6.45) is 3.85.